The zero-order chi connectivity index (χ0) is 10.7. The van der Waals surface area contributed by atoms with Crippen LogP contribution in [0.3, 0.4) is 0 Å². The standard InChI is InChI=1S/C10H16N2O2/c1-2-7(11)10(12)6-3-4-8(13)9(14)5-6/h3-5,7,10,13-14H,2,11-12H2,1H3/t7-,10-/m0/s1. The largest absolute Gasteiger partial charge is 0.504 e. The van der Waals surface area contributed by atoms with E-state index in [-0.39, 0.29) is 23.6 Å². The average molecular weight is 196 g/mol. The van der Waals surface area contributed by atoms with Crippen LogP contribution in [0, 0.1) is 0 Å². The fourth-order valence-electron chi connectivity index (χ4n) is 1.25. The van der Waals surface area contributed by atoms with Gasteiger partial charge in [0, 0.05) is 12.1 Å². The van der Waals surface area contributed by atoms with Gasteiger partial charge < -0.3 is 21.7 Å². The first-order chi connectivity index (χ1) is 6.56. The van der Waals surface area contributed by atoms with Crippen molar-refractivity contribution in [1.29, 1.82) is 0 Å². The molecular weight excluding hydrogens is 180 g/mol. The maximum Gasteiger partial charge on any atom is 0.157 e. The van der Waals surface area contributed by atoms with Crippen molar-refractivity contribution in [3.05, 3.63) is 23.8 Å². The topological polar surface area (TPSA) is 92.5 Å². The van der Waals surface area contributed by atoms with Gasteiger partial charge in [0.1, 0.15) is 0 Å². The summed E-state index contributed by atoms with van der Waals surface area (Å²) in [6.07, 6.45) is 0.767. The number of phenolic OH excluding ortho intramolecular Hbond substituents is 2. The summed E-state index contributed by atoms with van der Waals surface area (Å²) in [4.78, 5) is 0. The van der Waals surface area contributed by atoms with E-state index in [0.717, 1.165) is 12.0 Å². The second-order valence-electron chi connectivity index (χ2n) is 3.35. The molecule has 0 saturated heterocycles. The van der Waals surface area contributed by atoms with Crippen molar-refractivity contribution in [2.24, 2.45) is 11.5 Å². The Balaban J connectivity index is 2.91. The molecule has 0 aliphatic rings. The van der Waals surface area contributed by atoms with E-state index >= 15 is 0 Å². The van der Waals surface area contributed by atoms with Gasteiger partial charge in [0.15, 0.2) is 11.5 Å². The third-order valence-electron chi connectivity index (χ3n) is 2.32. The summed E-state index contributed by atoms with van der Waals surface area (Å²) in [5, 5.41) is 18.4. The number of hydrogen-bond donors (Lipinski definition) is 4. The normalized spacial score (nSPS) is 15.1. The molecule has 14 heavy (non-hydrogen) atoms. The molecule has 0 unspecified atom stereocenters. The SMILES string of the molecule is CC[C@H](N)[C@@H](N)c1ccc(O)c(O)c1. The van der Waals surface area contributed by atoms with Crippen LogP contribution in [0.25, 0.3) is 0 Å². The number of aromatic hydroxyl groups is 2. The molecule has 0 aliphatic heterocycles. The molecule has 0 radical (unpaired) electrons. The van der Waals surface area contributed by atoms with Crippen LogP contribution in [0.4, 0.5) is 0 Å². The molecule has 1 aromatic carbocycles. The first kappa shape index (κ1) is 10.8. The molecule has 0 heterocycles. The molecule has 4 nitrogen and oxygen atoms in total. The monoisotopic (exact) mass is 196 g/mol. The fraction of sp³-hybridized carbons (Fsp3) is 0.400. The molecular formula is C10H16N2O2. The number of phenols is 2. The highest BCUT2D eigenvalue weighted by atomic mass is 16.3. The van der Waals surface area contributed by atoms with Crippen LogP contribution in [-0.2, 0) is 0 Å². The van der Waals surface area contributed by atoms with Gasteiger partial charge in [-0.1, -0.05) is 13.0 Å². The lowest BCUT2D eigenvalue weighted by molar-refractivity contribution is 0.402. The molecule has 1 rings (SSSR count). The van der Waals surface area contributed by atoms with Crippen molar-refractivity contribution in [3.63, 3.8) is 0 Å². The zero-order valence-corrected chi connectivity index (χ0v) is 8.14. The molecule has 4 heteroatoms. The van der Waals surface area contributed by atoms with Crippen molar-refractivity contribution in [3.8, 4) is 11.5 Å². The predicted molar refractivity (Wildman–Crippen MR) is 55.0 cm³/mol. The lowest BCUT2D eigenvalue weighted by atomic mass is 9.99. The number of rotatable bonds is 3. The molecule has 0 aliphatic carbocycles. The average Bonchev–Trinajstić information content (AvgIpc) is 2.20. The molecule has 0 fully saturated rings. The van der Waals surface area contributed by atoms with E-state index in [0.29, 0.717) is 0 Å². The van der Waals surface area contributed by atoms with Crippen LogP contribution in [0.15, 0.2) is 18.2 Å². The van der Waals surface area contributed by atoms with Crippen LogP contribution in [0.2, 0.25) is 0 Å². The molecule has 1 aromatic rings. The van der Waals surface area contributed by atoms with Crippen molar-refractivity contribution in [2.75, 3.05) is 0 Å². The molecule has 0 aromatic heterocycles. The van der Waals surface area contributed by atoms with Gasteiger partial charge in [-0.2, -0.15) is 0 Å². The summed E-state index contributed by atoms with van der Waals surface area (Å²) in [6, 6.07) is 4.06. The van der Waals surface area contributed by atoms with Crippen LogP contribution >= 0.6 is 0 Å². The number of nitrogens with two attached hydrogens (primary N) is 2. The summed E-state index contributed by atoms with van der Waals surface area (Å²) in [5.74, 6) is -0.313. The smallest absolute Gasteiger partial charge is 0.157 e. The molecule has 2 atom stereocenters. The van der Waals surface area contributed by atoms with Crippen molar-refractivity contribution in [1.82, 2.24) is 0 Å². The van der Waals surface area contributed by atoms with E-state index in [1.165, 1.54) is 12.1 Å². The second kappa shape index (κ2) is 4.30. The summed E-state index contributed by atoms with van der Waals surface area (Å²) >= 11 is 0. The second-order valence-corrected chi connectivity index (χ2v) is 3.35. The summed E-state index contributed by atoms with van der Waals surface area (Å²) in [7, 11) is 0. The maximum atomic E-state index is 9.26. The molecule has 0 amide bonds. The van der Waals surface area contributed by atoms with Crippen molar-refractivity contribution in [2.45, 2.75) is 25.4 Å². The molecule has 6 N–H and O–H groups in total. The first-order valence-corrected chi connectivity index (χ1v) is 4.59. The highest BCUT2D eigenvalue weighted by molar-refractivity contribution is 5.41. The van der Waals surface area contributed by atoms with Gasteiger partial charge in [-0.05, 0) is 24.1 Å². The minimum absolute atomic E-state index is 0.140. The Bertz CT molecular complexity index is 315. The quantitative estimate of drug-likeness (QED) is 0.539. The number of benzene rings is 1. The number of hydrogen-bond acceptors (Lipinski definition) is 4. The maximum absolute atomic E-state index is 9.26. The summed E-state index contributed by atoms with van der Waals surface area (Å²) in [5.41, 5.74) is 12.3. The van der Waals surface area contributed by atoms with Gasteiger partial charge in [-0.25, -0.2) is 0 Å². The molecule has 78 valence electrons. The van der Waals surface area contributed by atoms with E-state index in [2.05, 4.69) is 0 Å². The van der Waals surface area contributed by atoms with Gasteiger partial charge in [0.2, 0.25) is 0 Å². The Morgan fingerprint density at radius 2 is 1.86 bits per heavy atom. The predicted octanol–water partition coefficient (Wildman–Crippen LogP) is 0.835. The van der Waals surface area contributed by atoms with E-state index in [1.807, 2.05) is 6.92 Å². The van der Waals surface area contributed by atoms with Crippen LogP contribution in [0.1, 0.15) is 24.9 Å². The van der Waals surface area contributed by atoms with Gasteiger partial charge in [-0.15, -0.1) is 0 Å². The minimum Gasteiger partial charge on any atom is -0.504 e. The Kier molecular flexibility index (Phi) is 3.33. The molecule has 0 saturated carbocycles. The summed E-state index contributed by atoms with van der Waals surface area (Å²) in [6.45, 7) is 1.95. The highest BCUT2D eigenvalue weighted by Gasteiger charge is 2.14. The van der Waals surface area contributed by atoms with Crippen molar-refractivity contribution >= 4 is 0 Å². The van der Waals surface area contributed by atoms with E-state index in [1.54, 1.807) is 6.07 Å². The van der Waals surface area contributed by atoms with Gasteiger partial charge in [0.25, 0.3) is 0 Å². The van der Waals surface area contributed by atoms with Crippen molar-refractivity contribution < 1.29 is 10.2 Å². The summed E-state index contributed by atoms with van der Waals surface area (Å²) < 4.78 is 0. The highest BCUT2D eigenvalue weighted by Crippen LogP contribution is 2.28. The third-order valence-corrected chi connectivity index (χ3v) is 2.32. The van der Waals surface area contributed by atoms with Crippen LogP contribution < -0.4 is 11.5 Å². The Hall–Kier alpha value is -1.26. The van der Waals surface area contributed by atoms with Crippen LogP contribution in [0.5, 0.6) is 11.5 Å². The third kappa shape index (κ3) is 2.16. The van der Waals surface area contributed by atoms with E-state index < -0.39 is 0 Å². The Labute approximate surface area is 83.2 Å². The van der Waals surface area contributed by atoms with Gasteiger partial charge in [0.05, 0.1) is 0 Å². The Morgan fingerprint density at radius 3 is 2.36 bits per heavy atom. The van der Waals surface area contributed by atoms with E-state index in [9.17, 15) is 5.11 Å². The minimum atomic E-state index is -0.313. The zero-order valence-electron chi connectivity index (χ0n) is 8.14. The van der Waals surface area contributed by atoms with Crippen LogP contribution in [-0.4, -0.2) is 16.3 Å². The Morgan fingerprint density at radius 1 is 1.21 bits per heavy atom. The molecule has 0 spiro atoms. The van der Waals surface area contributed by atoms with E-state index in [4.69, 9.17) is 16.6 Å². The fourth-order valence-corrected chi connectivity index (χ4v) is 1.25. The van der Waals surface area contributed by atoms with Gasteiger partial charge in [-0.3, -0.25) is 0 Å². The molecule has 0 bridgehead atoms. The lowest BCUT2D eigenvalue weighted by Gasteiger charge is -2.18. The lowest BCUT2D eigenvalue weighted by Crippen LogP contribution is -2.33. The van der Waals surface area contributed by atoms with Gasteiger partial charge >= 0.3 is 0 Å². The first-order valence-electron chi connectivity index (χ1n) is 4.59.